The predicted molar refractivity (Wildman–Crippen MR) is 86.3 cm³/mol. The highest BCUT2D eigenvalue weighted by Crippen LogP contribution is 2.17. The van der Waals surface area contributed by atoms with Crippen LogP contribution in [-0.2, 0) is 4.79 Å². The minimum Gasteiger partial charge on any atom is -0.378 e. The molecule has 0 saturated heterocycles. The number of benzene rings is 1. The summed E-state index contributed by atoms with van der Waals surface area (Å²) in [7, 11) is 4.00. The van der Waals surface area contributed by atoms with Crippen molar-refractivity contribution in [1.82, 2.24) is 5.32 Å². The number of amides is 1. The van der Waals surface area contributed by atoms with Crippen molar-refractivity contribution in [3.8, 4) is 0 Å². The second-order valence-corrected chi connectivity index (χ2v) is 5.78. The first-order valence-corrected chi connectivity index (χ1v) is 7.21. The molecule has 0 aliphatic rings. The van der Waals surface area contributed by atoms with E-state index < -0.39 is 0 Å². The third kappa shape index (κ3) is 5.51. The molecule has 1 aromatic rings. The third-order valence-corrected chi connectivity index (χ3v) is 3.16. The maximum atomic E-state index is 12.0. The maximum Gasteiger partial charge on any atom is 0.242 e. The Morgan fingerprint density at radius 2 is 1.95 bits per heavy atom. The Morgan fingerprint density at radius 1 is 1.25 bits per heavy atom. The third-order valence-electron chi connectivity index (χ3n) is 3.16. The van der Waals surface area contributed by atoms with Crippen molar-refractivity contribution < 1.29 is 4.79 Å². The number of carbonyl (C=O) groups is 1. The van der Waals surface area contributed by atoms with E-state index in [-0.39, 0.29) is 11.9 Å². The van der Waals surface area contributed by atoms with E-state index in [1.54, 1.807) is 0 Å². The van der Waals surface area contributed by atoms with Crippen LogP contribution >= 0.6 is 0 Å². The van der Waals surface area contributed by atoms with Gasteiger partial charge in [0, 0.05) is 32.0 Å². The first-order chi connectivity index (χ1) is 9.40. The summed E-state index contributed by atoms with van der Waals surface area (Å²) >= 11 is 0. The maximum absolute atomic E-state index is 12.0. The zero-order valence-electron chi connectivity index (χ0n) is 13.2. The van der Waals surface area contributed by atoms with Gasteiger partial charge in [-0.25, -0.2) is 0 Å². The number of hydrogen-bond acceptors (Lipinski definition) is 3. The van der Waals surface area contributed by atoms with E-state index in [9.17, 15) is 4.79 Å². The van der Waals surface area contributed by atoms with Crippen LogP contribution in [0.3, 0.4) is 0 Å². The van der Waals surface area contributed by atoms with Gasteiger partial charge in [0.15, 0.2) is 0 Å². The van der Waals surface area contributed by atoms with Crippen LogP contribution in [0.2, 0.25) is 0 Å². The molecule has 4 heteroatoms. The quantitative estimate of drug-likeness (QED) is 0.805. The number of nitrogens with one attached hydrogen (secondary N) is 2. The van der Waals surface area contributed by atoms with Gasteiger partial charge in [0.05, 0.1) is 0 Å². The lowest BCUT2D eigenvalue weighted by Gasteiger charge is -2.18. The van der Waals surface area contributed by atoms with Crippen LogP contribution in [0.5, 0.6) is 0 Å². The topological polar surface area (TPSA) is 44.4 Å². The average Bonchev–Trinajstić information content (AvgIpc) is 2.38. The zero-order valence-corrected chi connectivity index (χ0v) is 13.2. The summed E-state index contributed by atoms with van der Waals surface area (Å²) in [6.07, 6.45) is 1.01. The Bertz CT molecular complexity index is 429. The molecule has 20 heavy (non-hydrogen) atoms. The molecule has 0 spiro atoms. The van der Waals surface area contributed by atoms with Crippen molar-refractivity contribution in [3.63, 3.8) is 0 Å². The van der Waals surface area contributed by atoms with E-state index in [4.69, 9.17) is 0 Å². The first kappa shape index (κ1) is 16.3. The first-order valence-electron chi connectivity index (χ1n) is 7.21. The molecule has 1 rings (SSSR count). The summed E-state index contributed by atoms with van der Waals surface area (Å²) in [5.74, 6) is 0.649. The highest BCUT2D eigenvalue weighted by molar-refractivity contribution is 5.84. The molecule has 2 N–H and O–H groups in total. The van der Waals surface area contributed by atoms with Gasteiger partial charge in [0.2, 0.25) is 5.91 Å². The molecule has 0 aliphatic heterocycles. The summed E-state index contributed by atoms with van der Waals surface area (Å²) in [4.78, 5) is 14.0. The highest BCUT2D eigenvalue weighted by Gasteiger charge is 2.12. The average molecular weight is 277 g/mol. The van der Waals surface area contributed by atoms with Crippen LogP contribution in [0.1, 0.15) is 27.2 Å². The summed E-state index contributed by atoms with van der Waals surface area (Å²) < 4.78 is 0. The number of hydrogen-bond donors (Lipinski definition) is 2. The molecule has 0 radical (unpaired) electrons. The van der Waals surface area contributed by atoms with E-state index >= 15 is 0 Å². The second kappa shape index (κ2) is 7.78. The van der Waals surface area contributed by atoms with Crippen LogP contribution in [0, 0.1) is 5.92 Å². The van der Waals surface area contributed by atoms with Gasteiger partial charge in [-0.3, -0.25) is 4.79 Å². The van der Waals surface area contributed by atoms with E-state index in [2.05, 4.69) is 24.5 Å². The van der Waals surface area contributed by atoms with Gasteiger partial charge in [0.1, 0.15) is 6.04 Å². The van der Waals surface area contributed by atoms with E-state index in [1.165, 1.54) is 0 Å². The fourth-order valence-electron chi connectivity index (χ4n) is 1.83. The Morgan fingerprint density at radius 3 is 2.55 bits per heavy atom. The SMILES string of the molecule is CC(C)CCNC(=O)C(C)Nc1cccc(N(C)C)c1. The molecule has 1 unspecified atom stereocenters. The molecule has 1 aromatic carbocycles. The van der Waals surface area contributed by atoms with Crippen LogP contribution < -0.4 is 15.5 Å². The van der Waals surface area contributed by atoms with Crippen LogP contribution in [0.4, 0.5) is 11.4 Å². The molecular weight excluding hydrogens is 250 g/mol. The van der Waals surface area contributed by atoms with Crippen molar-refractivity contribution in [2.75, 3.05) is 30.9 Å². The fraction of sp³-hybridized carbons (Fsp3) is 0.562. The van der Waals surface area contributed by atoms with Crippen molar-refractivity contribution in [2.45, 2.75) is 33.2 Å². The largest absolute Gasteiger partial charge is 0.378 e. The van der Waals surface area contributed by atoms with E-state index in [1.807, 2.05) is 50.2 Å². The Labute approximate surface area is 122 Å². The van der Waals surface area contributed by atoms with Gasteiger partial charge >= 0.3 is 0 Å². The standard InChI is InChI=1S/C16H27N3O/c1-12(2)9-10-17-16(20)13(3)18-14-7-6-8-15(11-14)19(4)5/h6-8,11-13,18H,9-10H2,1-5H3,(H,17,20). The zero-order chi connectivity index (χ0) is 15.1. The van der Waals surface area contributed by atoms with Gasteiger partial charge in [0.25, 0.3) is 0 Å². The minimum absolute atomic E-state index is 0.0425. The molecule has 0 saturated carbocycles. The molecule has 4 nitrogen and oxygen atoms in total. The summed E-state index contributed by atoms with van der Waals surface area (Å²) in [6.45, 7) is 6.93. The normalized spacial score (nSPS) is 12.1. The Balaban J connectivity index is 2.50. The molecule has 1 amide bonds. The van der Waals surface area contributed by atoms with E-state index in [0.29, 0.717) is 5.92 Å². The lowest BCUT2D eigenvalue weighted by molar-refractivity contribution is -0.121. The summed E-state index contributed by atoms with van der Waals surface area (Å²) in [5.41, 5.74) is 2.07. The van der Waals surface area contributed by atoms with Crippen molar-refractivity contribution in [3.05, 3.63) is 24.3 Å². The molecule has 0 aromatic heterocycles. The fourth-order valence-corrected chi connectivity index (χ4v) is 1.83. The van der Waals surface area contributed by atoms with Gasteiger partial charge in [-0.15, -0.1) is 0 Å². The summed E-state index contributed by atoms with van der Waals surface area (Å²) in [6, 6.07) is 7.81. The number of rotatable bonds is 7. The molecule has 0 fully saturated rings. The number of anilines is 2. The highest BCUT2D eigenvalue weighted by atomic mass is 16.2. The lowest BCUT2D eigenvalue weighted by Crippen LogP contribution is -2.38. The number of carbonyl (C=O) groups excluding carboxylic acids is 1. The molecule has 1 atom stereocenters. The smallest absolute Gasteiger partial charge is 0.242 e. The molecule has 0 aliphatic carbocycles. The Kier molecular flexibility index (Phi) is 6.36. The van der Waals surface area contributed by atoms with Crippen molar-refractivity contribution in [2.24, 2.45) is 5.92 Å². The minimum atomic E-state index is -0.237. The van der Waals surface area contributed by atoms with Crippen LogP contribution in [0.25, 0.3) is 0 Å². The second-order valence-electron chi connectivity index (χ2n) is 5.78. The lowest BCUT2D eigenvalue weighted by atomic mass is 10.1. The Hall–Kier alpha value is -1.71. The molecule has 0 bridgehead atoms. The van der Waals surface area contributed by atoms with Crippen molar-refractivity contribution in [1.29, 1.82) is 0 Å². The van der Waals surface area contributed by atoms with Crippen LogP contribution in [0.15, 0.2) is 24.3 Å². The monoisotopic (exact) mass is 277 g/mol. The predicted octanol–water partition coefficient (Wildman–Crippen LogP) is 2.72. The number of nitrogens with zero attached hydrogens (tertiary/aromatic N) is 1. The molecule has 112 valence electrons. The van der Waals surface area contributed by atoms with Crippen LogP contribution in [-0.4, -0.2) is 32.6 Å². The molecule has 0 heterocycles. The summed E-state index contributed by atoms with van der Waals surface area (Å²) in [5, 5.41) is 6.20. The molecular formula is C16H27N3O. The van der Waals surface area contributed by atoms with Gasteiger partial charge in [-0.2, -0.15) is 0 Å². The van der Waals surface area contributed by atoms with Gasteiger partial charge < -0.3 is 15.5 Å². The van der Waals surface area contributed by atoms with Gasteiger partial charge in [-0.1, -0.05) is 19.9 Å². The van der Waals surface area contributed by atoms with Crippen molar-refractivity contribution >= 4 is 17.3 Å². The van der Waals surface area contributed by atoms with Gasteiger partial charge in [-0.05, 0) is 37.5 Å². The van der Waals surface area contributed by atoms with E-state index in [0.717, 1.165) is 24.3 Å².